The number of halogens is 1. The molecular weight excluding hydrogens is 340 g/mol. The van der Waals surface area contributed by atoms with E-state index >= 15 is 0 Å². The van der Waals surface area contributed by atoms with Crippen LogP contribution in [0, 0.1) is 5.92 Å². The highest BCUT2D eigenvalue weighted by Gasteiger charge is 2.25. The van der Waals surface area contributed by atoms with Crippen molar-refractivity contribution in [3.63, 3.8) is 0 Å². The van der Waals surface area contributed by atoms with Gasteiger partial charge >= 0.3 is 5.97 Å². The molecule has 1 aliphatic rings. The molecule has 0 bridgehead atoms. The number of rotatable bonds is 7. The largest absolute Gasteiger partial charge is 0.493 e. The van der Waals surface area contributed by atoms with Gasteiger partial charge in [0.1, 0.15) is 0 Å². The van der Waals surface area contributed by atoms with E-state index in [1.54, 1.807) is 19.1 Å². The van der Waals surface area contributed by atoms with Crippen LogP contribution in [-0.2, 0) is 9.53 Å². The number of methoxy groups -OCH3 is 1. The minimum Gasteiger partial charge on any atom is -0.493 e. The van der Waals surface area contributed by atoms with Gasteiger partial charge in [-0.15, -0.1) is 0 Å². The Kier molecular flexibility index (Phi) is 5.47. The highest BCUT2D eigenvalue weighted by atomic mass is 79.9. The average Bonchev–Trinajstić information content (AvgIpc) is 3.29. The van der Waals surface area contributed by atoms with E-state index in [9.17, 15) is 9.90 Å². The lowest BCUT2D eigenvalue weighted by atomic mass is 10.1. The Morgan fingerprint density at radius 2 is 2.14 bits per heavy atom. The summed E-state index contributed by atoms with van der Waals surface area (Å²) in [5.41, 5.74) is 0.393. The average molecular weight is 359 g/mol. The van der Waals surface area contributed by atoms with Crippen LogP contribution in [0.4, 0.5) is 0 Å². The lowest BCUT2D eigenvalue weighted by Crippen LogP contribution is -2.16. The fourth-order valence-corrected chi connectivity index (χ4v) is 2.41. The first-order valence-electron chi connectivity index (χ1n) is 6.91. The van der Waals surface area contributed by atoms with Gasteiger partial charge in [-0.1, -0.05) is 15.9 Å². The van der Waals surface area contributed by atoms with Gasteiger partial charge in [-0.2, -0.15) is 0 Å². The Labute approximate surface area is 132 Å². The number of esters is 1. The van der Waals surface area contributed by atoms with E-state index < -0.39 is 12.1 Å². The monoisotopic (exact) mass is 358 g/mol. The predicted octanol–water partition coefficient (Wildman–Crippen LogP) is 2.84. The number of aliphatic hydroxyl groups excluding tert-OH is 1. The van der Waals surface area contributed by atoms with Crippen molar-refractivity contribution >= 4 is 21.9 Å². The fourth-order valence-electron chi connectivity index (χ4n) is 1.87. The number of carbonyl (C=O) groups is 1. The van der Waals surface area contributed by atoms with Crippen molar-refractivity contribution in [1.29, 1.82) is 0 Å². The lowest BCUT2D eigenvalue weighted by molar-refractivity contribution is -0.153. The second kappa shape index (κ2) is 7.13. The molecule has 21 heavy (non-hydrogen) atoms. The zero-order valence-electron chi connectivity index (χ0n) is 12.1. The molecule has 0 saturated heterocycles. The maximum atomic E-state index is 11.6. The molecule has 1 atom stereocenters. The summed E-state index contributed by atoms with van der Waals surface area (Å²) in [6.07, 6.45) is 1.04. The van der Waals surface area contributed by atoms with Crippen LogP contribution in [0.5, 0.6) is 11.5 Å². The molecule has 116 valence electrons. The molecule has 1 saturated carbocycles. The van der Waals surface area contributed by atoms with Gasteiger partial charge in [0.2, 0.25) is 0 Å². The number of hydrogen-bond acceptors (Lipinski definition) is 5. The van der Waals surface area contributed by atoms with Crippen molar-refractivity contribution < 1.29 is 24.1 Å². The van der Waals surface area contributed by atoms with E-state index in [0.29, 0.717) is 34.1 Å². The Bertz CT molecular complexity index is 513. The van der Waals surface area contributed by atoms with Crippen LogP contribution >= 0.6 is 15.9 Å². The standard InChI is InChI=1S/C15H19BrO5/c1-3-20-15(18)14(17)10-6-12(19-2)13(7-11(10)16)21-8-9-4-5-9/h6-7,9,14,17H,3-5,8H2,1-2H3. The molecule has 1 aliphatic carbocycles. The molecular formula is C15H19BrO5. The summed E-state index contributed by atoms with van der Waals surface area (Å²) in [5.74, 6) is 1.01. The van der Waals surface area contributed by atoms with Gasteiger partial charge in [0, 0.05) is 10.0 Å². The predicted molar refractivity (Wildman–Crippen MR) is 80.5 cm³/mol. The minimum atomic E-state index is -1.36. The molecule has 0 heterocycles. The SMILES string of the molecule is CCOC(=O)C(O)c1cc(OC)c(OCC2CC2)cc1Br. The summed E-state index contributed by atoms with van der Waals surface area (Å²) >= 11 is 3.35. The molecule has 6 heteroatoms. The minimum absolute atomic E-state index is 0.216. The summed E-state index contributed by atoms with van der Waals surface area (Å²) in [4.78, 5) is 11.6. The smallest absolute Gasteiger partial charge is 0.339 e. The summed E-state index contributed by atoms with van der Waals surface area (Å²) < 4.78 is 16.4. The molecule has 2 rings (SSSR count). The van der Waals surface area contributed by atoms with E-state index in [1.165, 1.54) is 20.0 Å². The molecule has 1 fully saturated rings. The van der Waals surface area contributed by atoms with Gasteiger partial charge in [0.05, 0.1) is 20.3 Å². The quantitative estimate of drug-likeness (QED) is 0.759. The second-order valence-corrected chi connectivity index (χ2v) is 5.79. The van der Waals surface area contributed by atoms with Gasteiger partial charge in [-0.3, -0.25) is 0 Å². The van der Waals surface area contributed by atoms with Crippen molar-refractivity contribution in [2.24, 2.45) is 5.92 Å². The summed E-state index contributed by atoms with van der Waals surface area (Å²) in [6.45, 7) is 2.56. The number of ether oxygens (including phenoxy) is 3. The van der Waals surface area contributed by atoms with Crippen molar-refractivity contribution in [1.82, 2.24) is 0 Å². The summed E-state index contributed by atoms with van der Waals surface area (Å²) in [7, 11) is 1.52. The van der Waals surface area contributed by atoms with Crippen LogP contribution in [0.3, 0.4) is 0 Å². The van der Waals surface area contributed by atoms with Crippen molar-refractivity contribution in [2.75, 3.05) is 20.3 Å². The van der Waals surface area contributed by atoms with Crippen molar-refractivity contribution in [2.45, 2.75) is 25.9 Å². The highest BCUT2D eigenvalue weighted by molar-refractivity contribution is 9.10. The van der Waals surface area contributed by atoms with Crippen LogP contribution in [-0.4, -0.2) is 31.4 Å². The number of aliphatic hydroxyl groups is 1. The summed E-state index contributed by atoms with van der Waals surface area (Å²) in [5, 5.41) is 10.0. The molecule has 0 radical (unpaired) electrons. The molecule has 0 spiro atoms. The topological polar surface area (TPSA) is 65.0 Å². The number of benzene rings is 1. The number of carbonyl (C=O) groups excluding carboxylic acids is 1. The van der Waals surface area contributed by atoms with Crippen LogP contribution in [0.1, 0.15) is 31.4 Å². The molecule has 5 nitrogen and oxygen atoms in total. The molecule has 0 amide bonds. The second-order valence-electron chi connectivity index (χ2n) is 4.93. The van der Waals surface area contributed by atoms with Crippen LogP contribution < -0.4 is 9.47 Å². The Hall–Kier alpha value is -1.27. The van der Waals surface area contributed by atoms with Crippen LogP contribution in [0.25, 0.3) is 0 Å². The molecule has 0 aromatic heterocycles. The van der Waals surface area contributed by atoms with Crippen LogP contribution in [0.15, 0.2) is 16.6 Å². The first-order chi connectivity index (χ1) is 10.1. The Morgan fingerprint density at radius 1 is 1.43 bits per heavy atom. The van der Waals surface area contributed by atoms with E-state index in [2.05, 4.69) is 15.9 Å². The molecule has 1 N–H and O–H groups in total. The third-order valence-corrected chi connectivity index (χ3v) is 3.95. The van der Waals surface area contributed by atoms with Gasteiger partial charge in [0.15, 0.2) is 17.6 Å². The Balaban J connectivity index is 2.19. The maximum Gasteiger partial charge on any atom is 0.339 e. The fraction of sp³-hybridized carbons (Fsp3) is 0.533. The zero-order valence-corrected chi connectivity index (χ0v) is 13.7. The molecule has 1 aromatic rings. The third-order valence-electron chi connectivity index (χ3n) is 3.26. The van der Waals surface area contributed by atoms with E-state index in [0.717, 1.165) is 0 Å². The first-order valence-corrected chi connectivity index (χ1v) is 7.71. The van der Waals surface area contributed by atoms with Crippen LogP contribution in [0.2, 0.25) is 0 Å². The summed E-state index contributed by atoms with van der Waals surface area (Å²) in [6, 6.07) is 3.30. The normalized spacial score (nSPS) is 15.4. The zero-order chi connectivity index (χ0) is 15.4. The van der Waals surface area contributed by atoms with Gasteiger partial charge in [0.25, 0.3) is 0 Å². The third kappa shape index (κ3) is 4.11. The van der Waals surface area contributed by atoms with E-state index in [1.807, 2.05) is 0 Å². The number of hydrogen-bond donors (Lipinski definition) is 1. The van der Waals surface area contributed by atoms with E-state index in [-0.39, 0.29) is 6.61 Å². The van der Waals surface area contributed by atoms with Gasteiger partial charge in [-0.05, 0) is 37.8 Å². The molecule has 0 aliphatic heterocycles. The Morgan fingerprint density at radius 3 is 2.71 bits per heavy atom. The first kappa shape index (κ1) is 16.1. The van der Waals surface area contributed by atoms with Crippen molar-refractivity contribution in [3.8, 4) is 11.5 Å². The maximum absolute atomic E-state index is 11.6. The van der Waals surface area contributed by atoms with Gasteiger partial charge < -0.3 is 19.3 Å². The van der Waals surface area contributed by atoms with Gasteiger partial charge in [-0.25, -0.2) is 4.79 Å². The van der Waals surface area contributed by atoms with E-state index in [4.69, 9.17) is 14.2 Å². The lowest BCUT2D eigenvalue weighted by Gasteiger charge is -2.16. The highest BCUT2D eigenvalue weighted by Crippen LogP contribution is 2.38. The molecule has 1 unspecified atom stereocenters. The molecule has 1 aromatic carbocycles. The van der Waals surface area contributed by atoms with Crippen molar-refractivity contribution in [3.05, 3.63) is 22.2 Å².